The molecule has 3 nitrogen and oxygen atoms in total. The molecular formula is C18H24FNO2. The molecule has 0 amide bonds. The van der Waals surface area contributed by atoms with Gasteiger partial charge < -0.3 is 14.8 Å². The molecule has 0 spiro atoms. The molecule has 0 fully saturated rings. The van der Waals surface area contributed by atoms with E-state index in [0.29, 0.717) is 18.2 Å². The number of nitrogens with one attached hydrogen (secondary N) is 1. The molecule has 0 aliphatic carbocycles. The van der Waals surface area contributed by atoms with Crippen LogP contribution in [0.15, 0.2) is 47.1 Å². The summed E-state index contributed by atoms with van der Waals surface area (Å²) in [5, 5.41) is 13.5. The Hall–Kier alpha value is -1.65. The summed E-state index contributed by atoms with van der Waals surface area (Å²) in [6, 6.07) is 10.7. The lowest BCUT2D eigenvalue weighted by Crippen LogP contribution is -2.35. The van der Waals surface area contributed by atoms with Crippen LogP contribution in [-0.2, 0) is 6.42 Å². The van der Waals surface area contributed by atoms with E-state index < -0.39 is 6.10 Å². The molecule has 1 aromatic heterocycles. The van der Waals surface area contributed by atoms with Crippen molar-refractivity contribution in [3.63, 3.8) is 0 Å². The summed E-state index contributed by atoms with van der Waals surface area (Å²) < 4.78 is 18.1. The molecule has 0 saturated heterocycles. The molecule has 0 bridgehead atoms. The zero-order chi connectivity index (χ0) is 15.9. The van der Waals surface area contributed by atoms with Crippen LogP contribution in [0.1, 0.15) is 44.1 Å². The Balaban J connectivity index is 1.71. The van der Waals surface area contributed by atoms with Gasteiger partial charge in [-0.25, -0.2) is 4.39 Å². The van der Waals surface area contributed by atoms with Crippen LogP contribution in [0, 0.1) is 5.82 Å². The van der Waals surface area contributed by atoms with E-state index in [2.05, 4.69) is 19.2 Å². The normalized spacial score (nSPS) is 15.5. The van der Waals surface area contributed by atoms with Crippen LogP contribution < -0.4 is 5.32 Å². The van der Waals surface area contributed by atoms with E-state index in [1.165, 1.54) is 12.1 Å². The smallest absolute Gasteiger partial charge is 0.132 e. The van der Waals surface area contributed by atoms with Gasteiger partial charge in [0.05, 0.1) is 6.26 Å². The first-order valence-electron chi connectivity index (χ1n) is 7.76. The summed E-state index contributed by atoms with van der Waals surface area (Å²) in [6.45, 7) is 4.18. The van der Waals surface area contributed by atoms with Crippen molar-refractivity contribution in [2.75, 3.05) is 0 Å². The Kier molecular flexibility index (Phi) is 6.16. The minimum absolute atomic E-state index is 0.184. The Bertz CT molecular complexity index is 539. The molecule has 1 heterocycles. The Labute approximate surface area is 131 Å². The van der Waals surface area contributed by atoms with Gasteiger partial charge in [0.2, 0.25) is 0 Å². The summed E-state index contributed by atoms with van der Waals surface area (Å²) in [4.78, 5) is 0. The summed E-state index contributed by atoms with van der Waals surface area (Å²) >= 11 is 0. The van der Waals surface area contributed by atoms with Gasteiger partial charge in [0.1, 0.15) is 17.7 Å². The van der Waals surface area contributed by atoms with Gasteiger partial charge in [0.15, 0.2) is 0 Å². The van der Waals surface area contributed by atoms with Crippen molar-refractivity contribution in [3.05, 3.63) is 59.8 Å². The second-order valence-corrected chi connectivity index (χ2v) is 5.90. The third-order valence-electron chi connectivity index (χ3n) is 3.80. The Morgan fingerprint density at radius 2 is 1.86 bits per heavy atom. The molecule has 4 heteroatoms. The molecule has 0 aliphatic heterocycles. The number of hydrogen-bond donors (Lipinski definition) is 2. The number of benzene rings is 1. The van der Waals surface area contributed by atoms with Gasteiger partial charge in [-0.3, -0.25) is 0 Å². The lowest BCUT2D eigenvalue weighted by Gasteiger charge is -2.21. The van der Waals surface area contributed by atoms with Gasteiger partial charge in [-0.2, -0.15) is 0 Å². The van der Waals surface area contributed by atoms with Crippen molar-refractivity contribution in [3.8, 4) is 0 Å². The summed E-state index contributed by atoms with van der Waals surface area (Å²) in [5.41, 5.74) is 1.14. The zero-order valence-electron chi connectivity index (χ0n) is 13.1. The van der Waals surface area contributed by atoms with Crippen LogP contribution in [0.2, 0.25) is 0 Å². The number of aliphatic hydroxyl groups is 1. The van der Waals surface area contributed by atoms with Gasteiger partial charge in [-0.05, 0) is 62.9 Å². The number of rotatable bonds is 8. The number of hydrogen-bond acceptors (Lipinski definition) is 3. The maximum atomic E-state index is 12.9. The standard InChI is InChI=1S/C18H24FNO2/c1-13(5-6-15-7-9-16(19)10-8-15)20-14(2)12-17(21)18-4-3-11-22-18/h3-4,7-11,13-14,17,20-21H,5-6,12H2,1-2H3. The molecular weight excluding hydrogens is 281 g/mol. The van der Waals surface area contributed by atoms with Crippen molar-refractivity contribution >= 4 is 0 Å². The maximum absolute atomic E-state index is 12.9. The van der Waals surface area contributed by atoms with Crippen LogP contribution in [0.25, 0.3) is 0 Å². The minimum Gasteiger partial charge on any atom is -0.467 e. The molecule has 3 unspecified atom stereocenters. The lowest BCUT2D eigenvalue weighted by molar-refractivity contribution is 0.127. The van der Waals surface area contributed by atoms with Crippen molar-refractivity contribution in [1.82, 2.24) is 5.32 Å². The minimum atomic E-state index is -0.582. The number of aliphatic hydroxyl groups excluding tert-OH is 1. The monoisotopic (exact) mass is 305 g/mol. The fraction of sp³-hybridized carbons (Fsp3) is 0.444. The van der Waals surface area contributed by atoms with Crippen molar-refractivity contribution in [1.29, 1.82) is 0 Å². The summed E-state index contributed by atoms with van der Waals surface area (Å²) in [5.74, 6) is 0.406. The predicted octanol–water partition coefficient (Wildman–Crippen LogP) is 3.84. The molecule has 2 N–H and O–H groups in total. The van der Waals surface area contributed by atoms with E-state index in [1.54, 1.807) is 18.4 Å². The van der Waals surface area contributed by atoms with Gasteiger partial charge in [-0.15, -0.1) is 0 Å². The number of halogens is 1. The molecule has 120 valence electrons. The van der Waals surface area contributed by atoms with E-state index in [0.717, 1.165) is 18.4 Å². The second kappa shape index (κ2) is 8.11. The highest BCUT2D eigenvalue weighted by Crippen LogP contribution is 2.19. The highest BCUT2D eigenvalue weighted by molar-refractivity contribution is 5.16. The molecule has 2 aromatic rings. The third-order valence-corrected chi connectivity index (χ3v) is 3.80. The van der Waals surface area contributed by atoms with Crippen molar-refractivity contribution < 1.29 is 13.9 Å². The third kappa shape index (κ3) is 5.28. The van der Waals surface area contributed by atoms with Gasteiger partial charge >= 0.3 is 0 Å². The SMILES string of the molecule is CC(CCc1ccc(F)cc1)NC(C)CC(O)c1ccco1. The average Bonchev–Trinajstić information content (AvgIpc) is 3.01. The quantitative estimate of drug-likeness (QED) is 0.779. The first-order chi connectivity index (χ1) is 10.5. The molecule has 0 radical (unpaired) electrons. The lowest BCUT2D eigenvalue weighted by atomic mass is 10.0. The molecule has 2 rings (SSSR count). The Morgan fingerprint density at radius 3 is 2.50 bits per heavy atom. The second-order valence-electron chi connectivity index (χ2n) is 5.90. The highest BCUT2D eigenvalue weighted by atomic mass is 19.1. The molecule has 1 aromatic carbocycles. The fourth-order valence-electron chi connectivity index (χ4n) is 2.60. The van der Waals surface area contributed by atoms with E-state index in [-0.39, 0.29) is 11.9 Å². The summed E-state index contributed by atoms with van der Waals surface area (Å²) in [6.07, 6.45) is 3.47. The van der Waals surface area contributed by atoms with Gasteiger partial charge in [0.25, 0.3) is 0 Å². The van der Waals surface area contributed by atoms with Crippen LogP contribution >= 0.6 is 0 Å². The first kappa shape index (κ1) is 16.7. The zero-order valence-corrected chi connectivity index (χ0v) is 13.1. The van der Waals surface area contributed by atoms with Crippen LogP contribution in [0.4, 0.5) is 4.39 Å². The molecule has 3 atom stereocenters. The average molecular weight is 305 g/mol. The van der Waals surface area contributed by atoms with E-state index in [1.807, 2.05) is 12.1 Å². The van der Waals surface area contributed by atoms with Crippen LogP contribution in [-0.4, -0.2) is 17.2 Å². The van der Waals surface area contributed by atoms with Crippen LogP contribution in [0.5, 0.6) is 0 Å². The fourth-order valence-corrected chi connectivity index (χ4v) is 2.60. The van der Waals surface area contributed by atoms with Gasteiger partial charge in [-0.1, -0.05) is 12.1 Å². The van der Waals surface area contributed by atoms with E-state index in [9.17, 15) is 9.50 Å². The molecule has 0 saturated carbocycles. The van der Waals surface area contributed by atoms with Crippen LogP contribution in [0.3, 0.4) is 0 Å². The predicted molar refractivity (Wildman–Crippen MR) is 85.1 cm³/mol. The van der Waals surface area contributed by atoms with Gasteiger partial charge in [0, 0.05) is 12.1 Å². The Morgan fingerprint density at radius 1 is 1.14 bits per heavy atom. The maximum Gasteiger partial charge on any atom is 0.132 e. The van der Waals surface area contributed by atoms with E-state index in [4.69, 9.17) is 4.42 Å². The van der Waals surface area contributed by atoms with E-state index >= 15 is 0 Å². The van der Waals surface area contributed by atoms with Crippen molar-refractivity contribution in [2.24, 2.45) is 0 Å². The number of furan rings is 1. The largest absolute Gasteiger partial charge is 0.467 e. The molecule has 0 aliphatic rings. The highest BCUT2D eigenvalue weighted by Gasteiger charge is 2.16. The first-order valence-corrected chi connectivity index (χ1v) is 7.76. The topological polar surface area (TPSA) is 45.4 Å². The van der Waals surface area contributed by atoms with Crippen molar-refractivity contribution in [2.45, 2.75) is 51.3 Å². The summed E-state index contributed by atoms with van der Waals surface area (Å²) in [7, 11) is 0. The molecule has 22 heavy (non-hydrogen) atoms. The number of aryl methyl sites for hydroxylation is 1.